The van der Waals surface area contributed by atoms with Gasteiger partial charge in [0, 0.05) is 10.6 Å². The molecule has 0 bridgehead atoms. The van der Waals surface area contributed by atoms with Crippen LogP contribution in [0, 0.1) is 0 Å². The fourth-order valence-electron chi connectivity index (χ4n) is 3.47. The summed E-state index contributed by atoms with van der Waals surface area (Å²) < 4.78 is 5.30. The standard InChI is InChI=1S/C19H19ClN4O2/c1-26-14-7-11(6-13(20)9-14)5-12-8-17-18(23-24-22-17)10-15(12)19(25)16-3-2-4-21-16/h6-10,16,21H,2-5H2,1H3,(H,22,23,24). The van der Waals surface area contributed by atoms with Crippen LogP contribution in [0.2, 0.25) is 5.02 Å². The summed E-state index contributed by atoms with van der Waals surface area (Å²) in [5.74, 6) is 0.804. The number of hydrogen-bond donors (Lipinski definition) is 2. The maximum absolute atomic E-state index is 13.0. The monoisotopic (exact) mass is 370 g/mol. The number of carbonyl (C=O) groups excluding carboxylic acids is 1. The minimum Gasteiger partial charge on any atom is -0.497 e. The van der Waals surface area contributed by atoms with E-state index in [-0.39, 0.29) is 11.8 Å². The van der Waals surface area contributed by atoms with Crippen LogP contribution >= 0.6 is 11.6 Å². The lowest BCUT2D eigenvalue weighted by Gasteiger charge is -2.14. The molecule has 0 amide bonds. The van der Waals surface area contributed by atoms with Crippen LogP contribution in [0.5, 0.6) is 5.75 Å². The second kappa shape index (κ2) is 7.05. The zero-order valence-electron chi connectivity index (χ0n) is 14.4. The molecule has 0 radical (unpaired) electrons. The van der Waals surface area contributed by atoms with Crippen LogP contribution in [0.1, 0.15) is 34.3 Å². The molecule has 3 aromatic rings. The predicted molar refractivity (Wildman–Crippen MR) is 100 cm³/mol. The van der Waals surface area contributed by atoms with E-state index in [0.717, 1.165) is 36.0 Å². The topological polar surface area (TPSA) is 79.9 Å². The molecule has 0 saturated carbocycles. The molecule has 0 aliphatic carbocycles. The van der Waals surface area contributed by atoms with Crippen molar-refractivity contribution in [1.29, 1.82) is 0 Å². The fourth-order valence-corrected chi connectivity index (χ4v) is 3.72. The van der Waals surface area contributed by atoms with Gasteiger partial charge in [0.1, 0.15) is 11.3 Å². The van der Waals surface area contributed by atoms with Gasteiger partial charge in [0.2, 0.25) is 0 Å². The second-order valence-corrected chi connectivity index (χ2v) is 6.96. The first kappa shape index (κ1) is 17.0. The summed E-state index contributed by atoms with van der Waals surface area (Å²) in [6, 6.07) is 9.24. The van der Waals surface area contributed by atoms with Gasteiger partial charge < -0.3 is 10.1 Å². The number of hydrogen-bond acceptors (Lipinski definition) is 5. The first-order valence-electron chi connectivity index (χ1n) is 8.59. The maximum atomic E-state index is 13.0. The highest BCUT2D eigenvalue weighted by molar-refractivity contribution is 6.30. The van der Waals surface area contributed by atoms with Crippen molar-refractivity contribution in [3.63, 3.8) is 0 Å². The molecule has 2 N–H and O–H groups in total. The molecule has 2 heterocycles. The second-order valence-electron chi connectivity index (χ2n) is 6.53. The van der Waals surface area contributed by atoms with Crippen LogP contribution in [0.4, 0.5) is 0 Å². The SMILES string of the molecule is COc1cc(Cl)cc(Cc2cc3[nH]nnc3cc2C(=O)C2CCCN2)c1. The molecule has 6 nitrogen and oxygen atoms in total. The molecule has 1 saturated heterocycles. The Bertz CT molecular complexity index is 963. The molecule has 1 aromatic heterocycles. The molecule has 1 aliphatic heterocycles. The highest BCUT2D eigenvalue weighted by atomic mass is 35.5. The Hall–Kier alpha value is -2.44. The number of H-pyrrole nitrogens is 1. The Kier molecular flexibility index (Phi) is 4.61. The van der Waals surface area contributed by atoms with Crippen molar-refractivity contribution in [2.75, 3.05) is 13.7 Å². The Morgan fingerprint density at radius 1 is 1.31 bits per heavy atom. The number of halogens is 1. The Morgan fingerprint density at radius 3 is 2.96 bits per heavy atom. The number of aromatic amines is 1. The van der Waals surface area contributed by atoms with Crippen LogP contribution in [0.25, 0.3) is 11.0 Å². The van der Waals surface area contributed by atoms with E-state index >= 15 is 0 Å². The summed E-state index contributed by atoms with van der Waals surface area (Å²) in [7, 11) is 1.61. The van der Waals surface area contributed by atoms with E-state index in [1.807, 2.05) is 24.3 Å². The third kappa shape index (κ3) is 3.30. The summed E-state index contributed by atoms with van der Waals surface area (Å²) >= 11 is 6.20. The van der Waals surface area contributed by atoms with Gasteiger partial charge in [-0.1, -0.05) is 16.8 Å². The summed E-state index contributed by atoms with van der Waals surface area (Å²) in [6.45, 7) is 0.878. The summed E-state index contributed by atoms with van der Waals surface area (Å²) in [4.78, 5) is 13.0. The zero-order chi connectivity index (χ0) is 18.1. The number of nitrogens with one attached hydrogen (secondary N) is 2. The Labute approximate surface area is 155 Å². The van der Waals surface area contributed by atoms with Gasteiger partial charge >= 0.3 is 0 Å². The normalized spacial score (nSPS) is 16.9. The third-order valence-corrected chi connectivity index (χ3v) is 4.97. The summed E-state index contributed by atoms with van der Waals surface area (Å²) in [5, 5.41) is 14.7. The van der Waals surface area contributed by atoms with Crippen LogP contribution in [-0.2, 0) is 6.42 Å². The van der Waals surface area contributed by atoms with Crippen LogP contribution in [0.15, 0.2) is 30.3 Å². The minimum atomic E-state index is -0.132. The largest absolute Gasteiger partial charge is 0.497 e. The molecule has 0 spiro atoms. The van der Waals surface area contributed by atoms with E-state index < -0.39 is 0 Å². The van der Waals surface area contributed by atoms with E-state index in [2.05, 4.69) is 20.7 Å². The fraction of sp³-hybridized carbons (Fsp3) is 0.316. The van der Waals surface area contributed by atoms with E-state index in [1.165, 1.54) is 0 Å². The summed E-state index contributed by atoms with van der Waals surface area (Å²) in [6.07, 6.45) is 2.45. The number of nitrogens with zero attached hydrogens (tertiary/aromatic N) is 2. The number of aromatic nitrogens is 3. The number of Topliss-reactive ketones (excluding diaryl/α,β-unsaturated/α-hetero) is 1. The van der Waals surface area contributed by atoms with Crippen molar-refractivity contribution in [1.82, 2.24) is 20.7 Å². The van der Waals surface area contributed by atoms with Gasteiger partial charge in [0.25, 0.3) is 0 Å². The van der Waals surface area contributed by atoms with Crippen molar-refractivity contribution in [2.45, 2.75) is 25.3 Å². The number of rotatable bonds is 5. The van der Waals surface area contributed by atoms with Gasteiger partial charge in [-0.05, 0) is 67.3 Å². The molecular formula is C19H19ClN4O2. The number of ether oxygens (including phenoxy) is 1. The molecule has 1 unspecified atom stereocenters. The molecule has 7 heteroatoms. The van der Waals surface area contributed by atoms with Crippen LogP contribution < -0.4 is 10.1 Å². The lowest BCUT2D eigenvalue weighted by Crippen LogP contribution is -2.31. The van der Waals surface area contributed by atoms with Gasteiger partial charge in [-0.25, -0.2) is 0 Å². The molecule has 4 rings (SSSR count). The number of fused-ring (bicyclic) bond motifs is 1. The number of benzene rings is 2. The minimum absolute atomic E-state index is 0.108. The maximum Gasteiger partial charge on any atom is 0.180 e. The lowest BCUT2D eigenvalue weighted by molar-refractivity contribution is 0.0951. The van der Waals surface area contributed by atoms with Crippen molar-refractivity contribution in [3.05, 3.63) is 52.0 Å². The van der Waals surface area contributed by atoms with Crippen molar-refractivity contribution >= 4 is 28.4 Å². The van der Waals surface area contributed by atoms with E-state index in [9.17, 15) is 4.79 Å². The zero-order valence-corrected chi connectivity index (χ0v) is 15.1. The number of methoxy groups -OCH3 is 1. The summed E-state index contributed by atoms with van der Waals surface area (Å²) in [5.41, 5.74) is 4.09. The lowest BCUT2D eigenvalue weighted by atomic mass is 9.93. The van der Waals surface area contributed by atoms with Gasteiger partial charge in [-0.2, -0.15) is 0 Å². The number of carbonyl (C=O) groups is 1. The average Bonchev–Trinajstić information content (AvgIpc) is 3.31. The van der Waals surface area contributed by atoms with Crippen LogP contribution in [0.3, 0.4) is 0 Å². The van der Waals surface area contributed by atoms with Gasteiger partial charge in [0.05, 0.1) is 18.7 Å². The molecule has 134 valence electrons. The molecule has 1 atom stereocenters. The molecule has 2 aromatic carbocycles. The first-order chi connectivity index (χ1) is 12.6. The van der Waals surface area contributed by atoms with Crippen molar-refractivity contribution < 1.29 is 9.53 Å². The van der Waals surface area contributed by atoms with Crippen LogP contribution in [-0.4, -0.2) is 40.9 Å². The van der Waals surface area contributed by atoms with Crippen molar-refractivity contribution in [2.24, 2.45) is 0 Å². The van der Waals surface area contributed by atoms with E-state index in [4.69, 9.17) is 16.3 Å². The third-order valence-electron chi connectivity index (χ3n) is 4.75. The van der Waals surface area contributed by atoms with E-state index in [1.54, 1.807) is 13.2 Å². The Balaban J connectivity index is 1.76. The molecule has 26 heavy (non-hydrogen) atoms. The quantitative estimate of drug-likeness (QED) is 0.674. The van der Waals surface area contributed by atoms with Gasteiger partial charge in [-0.3, -0.25) is 9.89 Å². The molecular weight excluding hydrogens is 352 g/mol. The molecule has 1 aliphatic rings. The highest BCUT2D eigenvalue weighted by Crippen LogP contribution is 2.26. The number of ketones is 1. The predicted octanol–water partition coefficient (Wildman–Crippen LogP) is 3.15. The van der Waals surface area contributed by atoms with Gasteiger partial charge in [0.15, 0.2) is 5.78 Å². The molecule has 1 fully saturated rings. The Morgan fingerprint density at radius 2 is 2.19 bits per heavy atom. The highest BCUT2D eigenvalue weighted by Gasteiger charge is 2.26. The average molecular weight is 371 g/mol. The van der Waals surface area contributed by atoms with E-state index in [0.29, 0.717) is 28.3 Å². The van der Waals surface area contributed by atoms with Crippen molar-refractivity contribution in [3.8, 4) is 5.75 Å². The smallest absolute Gasteiger partial charge is 0.180 e. The first-order valence-corrected chi connectivity index (χ1v) is 8.96. The van der Waals surface area contributed by atoms with Gasteiger partial charge in [-0.15, -0.1) is 5.10 Å².